The number of benzene rings is 2. The SMILES string of the molecule is CCCNC(=O)[C@H](CC)N(Cc1ccc(Cl)cc1Cl)C(=O)CCc1ccccc1. The van der Waals surface area contributed by atoms with Crippen molar-refractivity contribution in [3.8, 4) is 0 Å². The fourth-order valence-corrected chi connectivity index (χ4v) is 3.63. The molecule has 0 aliphatic rings. The van der Waals surface area contributed by atoms with E-state index in [1.807, 2.05) is 44.2 Å². The van der Waals surface area contributed by atoms with Crippen molar-refractivity contribution < 1.29 is 9.59 Å². The normalized spacial score (nSPS) is 11.7. The molecule has 0 radical (unpaired) electrons. The Kier molecular flexibility index (Phi) is 9.49. The molecule has 0 fully saturated rings. The zero-order valence-corrected chi connectivity index (χ0v) is 18.5. The lowest BCUT2D eigenvalue weighted by Gasteiger charge is -2.31. The minimum absolute atomic E-state index is 0.0710. The third kappa shape index (κ3) is 7.06. The van der Waals surface area contributed by atoms with E-state index in [9.17, 15) is 9.59 Å². The van der Waals surface area contributed by atoms with Crippen molar-refractivity contribution in [1.29, 1.82) is 0 Å². The predicted octanol–water partition coefficient (Wildman–Crippen LogP) is 5.26. The monoisotopic (exact) mass is 434 g/mol. The molecular formula is C23H28Cl2N2O2. The van der Waals surface area contributed by atoms with Crippen molar-refractivity contribution in [1.82, 2.24) is 10.2 Å². The molecule has 0 unspecified atom stereocenters. The molecule has 0 aliphatic carbocycles. The van der Waals surface area contributed by atoms with Gasteiger partial charge in [0.25, 0.3) is 0 Å². The molecule has 2 amide bonds. The fourth-order valence-electron chi connectivity index (χ4n) is 3.16. The zero-order valence-electron chi connectivity index (χ0n) is 17.0. The van der Waals surface area contributed by atoms with Crippen LogP contribution in [0.3, 0.4) is 0 Å². The molecule has 0 saturated carbocycles. The average Bonchev–Trinajstić information content (AvgIpc) is 2.72. The van der Waals surface area contributed by atoms with Gasteiger partial charge in [-0.2, -0.15) is 0 Å². The number of nitrogens with one attached hydrogen (secondary N) is 1. The van der Waals surface area contributed by atoms with Crippen LogP contribution in [-0.2, 0) is 22.6 Å². The highest BCUT2D eigenvalue weighted by atomic mass is 35.5. The molecule has 0 bridgehead atoms. The second-order valence-electron chi connectivity index (χ2n) is 6.96. The van der Waals surface area contributed by atoms with Crippen LogP contribution in [0.1, 0.15) is 44.2 Å². The Morgan fingerprint density at radius 2 is 1.79 bits per heavy atom. The highest BCUT2D eigenvalue weighted by Crippen LogP contribution is 2.24. The summed E-state index contributed by atoms with van der Waals surface area (Å²) in [4.78, 5) is 27.5. The van der Waals surface area contributed by atoms with Crippen molar-refractivity contribution in [3.05, 3.63) is 69.7 Å². The van der Waals surface area contributed by atoms with E-state index in [1.54, 1.807) is 23.1 Å². The van der Waals surface area contributed by atoms with Gasteiger partial charge in [-0.05, 0) is 42.5 Å². The summed E-state index contributed by atoms with van der Waals surface area (Å²) >= 11 is 12.3. The molecule has 0 aromatic heterocycles. The van der Waals surface area contributed by atoms with Gasteiger partial charge in [-0.1, -0.05) is 73.4 Å². The maximum atomic E-state index is 13.2. The van der Waals surface area contributed by atoms with Crippen LogP contribution in [0.25, 0.3) is 0 Å². The van der Waals surface area contributed by atoms with Crippen molar-refractivity contribution >= 4 is 35.0 Å². The molecule has 6 heteroatoms. The highest BCUT2D eigenvalue weighted by molar-refractivity contribution is 6.35. The molecule has 1 N–H and O–H groups in total. The van der Waals surface area contributed by atoms with Crippen molar-refractivity contribution in [2.45, 2.75) is 52.1 Å². The number of aryl methyl sites for hydroxylation is 1. The van der Waals surface area contributed by atoms with Gasteiger partial charge in [0.1, 0.15) is 6.04 Å². The Morgan fingerprint density at radius 3 is 2.41 bits per heavy atom. The molecule has 0 spiro atoms. The van der Waals surface area contributed by atoms with Gasteiger partial charge >= 0.3 is 0 Å². The van der Waals surface area contributed by atoms with Gasteiger partial charge in [0.15, 0.2) is 0 Å². The molecule has 156 valence electrons. The van der Waals surface area contributed by atoms with Crippen LogP contribution >= 0.6 is 23.2 Å². The van der Waals surface area contributed by atoms with Crippen LogP contribution in [0.5, 0.6) is 0 Å². The lowest BCUT2D eigenvalue weighted by Crippen LogP contribution is -2.49. The van der Waals surface area contributed by atoms with Gasteiger partial charge in [-0.25, -0.2) is 0 Å². The molecule has 2 aromatic carbocycles. The lowest BCUT2D eigenvalue weighted by molar-refractivity contribution is -0.141. The van der Waals surface area contributed by atoms with Crippen molar-refractivity contribution in [2.75, 3.05) is 6.54 Å². The van der Waals surface area contributed by atoms with Crippen LogP contribution in [-0.4, -0.2) is 29.3 Å². The van der Waals surface area contributed by atoms with Gasteiger partial charge in [-0.15, -0.1) is 0 Å². The van der Waals surface area contributed by atoms with E-state index in [4.69, 9.17) is 23.2 Å². The fraction of sp³-hybridized carbons (Fsp3) is 0.391. The molecule has 0 saturated heterocycles. The number of halogens is 2. The summed E-state index contributed by atoms with van der Waals surface area (Å²) in [5.41, 5.74) is 1.86. The number of carbonyl (C=O) groups excluding carboxylic acids is 2. The summed E-state index contributed by atoms with van der Waals surface area (Å²) in [6, 6.07) is 14.5. The van der Waals surface area contributed by atoms with E-state index in [-0.39, 0.29) is 18.4 Å². The molecule has 0 heterocycles. The van der Waals surface area contributed by atoms with Gasteiger partial charge in [0, 0.05) is 29.6 Å². The first-order chi connectivity index (χ1) is 14.0. The third-order valence-electron chi connectivity index (χ3n) is 4.76. The summed E-state index contributed by atoms with van der Waals surface area (Å²) in [5.74, 6) is -0.203. The largest absolute Gasteiger partial charge is 0.354 e. The van der Waals surface area contributed by atoms with E-state index in [0.29, 0.717) is 35.9 Å². The Hall–Kier alpha value is -2.04. The number of nitrogens with zero attached hydrogens (tertiary/aromatic N) is 1. The first-order valence-electron chi connectivity index (χ1n) is 10.0. The van der Waals surface area contributed by atoms with Crippen LogP contribution in [0.2, 0.25) is 10.0 Å². The summed E-state index contributed by atoms with van der Waals surface area (Å²) in [6.07, 6.45) is 2.31. The maximum Gasteiger partial charge on any atom is 0.242 e. The summed E-state index contributed by atoms with van der Waals surface area (Å²) in [7, 11) is 0. The number of carbonyl (C=O) groups is 2. The molecule has 2 aromatic rings. The Balaban J connectivity index is 2.22. The van der Waals surface area contributed by atoms with Gasteiger partial charge in [-0.3, -0.25) is 9.59 Å². The Labute approximate surface area is 183 Å². The molecular weight excluding hydrogens is 407 g/mol. The Morgan fingerprint density at radius 1 is 1.07 bits per heavy atom. The van der Waals surface area contributed by atoms with Crippen LogP contribution in [0, 0.1) is 0 Å². The number of rotatable bonds is 10. The number of amides is 2. The number of hydrogen-bond acceptors (Lipinski definition) is 2. The zero-order chi connectivity index (χ0) is 21.2. The average molecular weight is 435 g/mol. The molecule has 29 heavy (non-hydrogen) atoms. The van der Waals surface area contributed by atoms with E-state index in [1.165, 1.54) is 0 Å². The standard InChI is InChI=1S/C23H28Cl2N2O2/c1-3-14-26-23(29)21(4-2)27(16-18-11-12-19(24)15-20(18)25)22(28)13-10-17-8-6-5-7-9-17/h5-9,11-12,15,21H,3-4,10,13-14,16H2,1-2H3,(H,26,29)/t21-/m0/s1. The number of hydrogen-bond donors (Lipinski definition) is 1. The second-order valence-corrected chi connectivity index (χ2v) is 7.80. The van der Waals surface area contributed by atoms with E-state index < -0.39 is 6.04 Å². The van der Waals surface area contributed by atoms with Crippen LogP contribution in [0.15, 0.2) is 48.5 Å². The summed E-state index contributed by atoms with van der Waals surface area (Å²) in [5, 5.41) is 3.94. The topological polar surface area (TPSA) is 49.4 Å². The molecule has 0 aliphatic heterocycles. The molecule has 2 rings (SSSR count). The van der Waals surface area contributed by atoms with E-state index in [0.717, 1.165) is 17.5 Å². The quantitative estimate of drug-likeness (QED) is 0.554. The van der Waals surface area contributed by atoms with Gasteiger partial charge < -0.3 is 10.2 Å². The van der Waals surface area contributed by atoms with Crippen molar-refractivity contribution in [3.63, 3.8) is 0 Å². The first-order valence-corrected chi connectivity index (χ1v) is 10.8. The lowest BCUT2D eigenvalue weighted by atomic mass is 10.1. The van der Waals surface area contributed by atoms with Gasteiger partial charge in [0.2, 0.25) is 11.8 Å². The minimum Gasteiger partial charge on any atom is -0.354 e. The smallest absolute Gasteiger partial charge is 0.242 e. The van der Waals surface area contributed by atoms with Gasteiger partial charge in [0.05, 0.1) is 0 Å². The van der Waals surface area contributed by atoms with E-state index >= 15 is 0 Å². The van der Waals surface area contributed by atoms with Crippen molar-refractivity contribution in [2.24, 2.45) is 0 Å². The molecule has 1 atom stereocenters. The molecule has 4 nitrogen and oxygen atoms in total. The second kappa shape index (κ2) is 11.8. The van der Waals surface area contributed by atoms with Crippen LogP contribution in [0.4, 0.5) is 0 Å². The predicted molar refractivity (Wildman–Crippen MR) is 119 cm³/mol. The third-order valence-corrected chi connectivity index (χ3v) is 5.35. The first kappa shape index (κ1) is 23.2. The maximum absolute atomic E-state index is 13.2. The summed E-state index contributed by atoms with van der Waals surface area (Å²) < 4.78 is 0. The minimum atomic E-state index is -0.545. The summed E-state index contributed by atoms with van der Waals surface area (Å²) in [6.45, 7) is 4.76. The van der Waals surface area contributed by atoms with Crippen LogP contribution < -0.4 is 5.32 Å². The highest BCUT2D eigenvalue weighted by Gasteiger charge is 2.28. The van der Waals surface area contributed by atoms with E-state index in [2.05, 4.69) is 5.32 Å². The Bertz CT molecular complexity index is 812.